The first-order chi connectivity index (χ1) is 24.8. The minimum Gasteiger partial charge on any atom is -0.455 e. The van der Waals surface area contributed by atoms with Crippen LogP contribution in [0.5, 0.6) is 11.5 Å². The summed E-state index contributed by atoms with van der Waals surface area (Å²) in [7, 11) is 0. The van der Waals surface area contributed by atoms with Gasteiger partial charge in [0.2, 0.25) is 0 Å². The van der Waals surface area contributed by atoms with Gasteiger partial charge in [0.05, 0.1) is 5.52 Å². The molecule has 10 rings (SSSR count). The lowest BCUT2D eigenvalue weighted by Crippen LogP contribution is -1.95. The van der Waals surface area contributed by atoms with Crippen LogP contribution in [0.4, 0.5) is 0 Å². The van der Waals surface area contributed by atoms with Gasteiger partial charge in [-0.1, -0.05) is 121 Å². The highest BCUT2D eigenvalue weighted by atomic mass is 16.5. The van der Waals surface area contributed by atoms with Crippen LogP contribution in [0.3, 0.4) is 0 Å². The number of pyridine rings is 1. The molecule has 0 saturated heterocycles. The van der Waals surface area contributed by atoms with Crippen LogP contribution in [-0.4, -0.2) is 9.55 Å². The summed E-state index contributed by atoms with van der Waals surface area (Å²) >= 11 is 0. The van der Waals surface area contributed by atoms with Crippen molar-refractivity contribution in [3.05, 3.63) is 181 Å². The topological polar surface area (TPSA) is 27.1 Å². The van der Waals surface area contributed by atoms with Crippen LogP contribution in [0, 0.1) is 0 Å². The Balaban J connectivity index is 1.22. The zero-order chi connectivity index (χ0) is 33.0. The van der Waals surface area contributed by atoms with Crippen LogP contribution in [0.15, 0.2) is 170 Å². The van der Waals surface area contributed by atoms with Crippen molar-refractivity contribution in [2.24, 2.45) is 0 Å². The minimum atomic E-state index is 0.833. The van der Waals surface area contributed by atoms with E-state index >= 15 is 0 Å². The van der Waals surface area contributed by atoms with Crippen molar-refractivity contribution < 1.29 is 4.74 Å². The standard InChI is InChI=1S/C47H30N2O/c1-2-13-36(14-3-1)49-44-27-25-35(30-43(44)41-18-10-28-48-47(41)49)34-23-22-33-21-20-31-11-4-6-15-37(31)39-17-8-9-19-45(39)50-46-38-16-7-5-12-32(38)24-26-40(46)42(33)29-34/h1-30H/b21-20-. The molecule has 2 aromatic heterocycles. The van der Waals surface area contributed by atoms with Gasteiger partial charge in [0.1, 0.15) is 17.1 Å². The van der Waals surface area contributed by atoms with E-state index < -0.39 is 0 Å². The molecule has 0 N–H and O–H groups in total. The molecule has 0 unspecified atom stereocenters. The minimum absolute atomic E-state index is 0.833. The van der Waals surface area contributed by atoms with E-state index in [0.29, 0.717) is 0 Å². The molecule has 1 aliphatic rings. The molecule has 3 heteroatoms. The number of rotatable bonds is 2. The van der Waals surface area contributed by atoms with E-state index in [1.165, 1.54) is 5.39 Å². The Labute approximate surface area is 290 Å². The summed E-state index contributed by atoms with van der Waals surface area (Å²) in [5.41, 5.74) is 12.1. The number of benzene rings is 7. The largest absolute Gasteiger partial charge is 0.455 e. The van der Waals surface area contributed by atoms with Crippen molar-refractivity contribution >= 4 is 44.9 Å². The van der Waals surface area contributed by atoms with Gasteiger partial charge in [0.25, 0.3) is 0 Å². The first-order valence-electron chi connectivity index (χ1n) is 17.0. The van der Waals surface area contributed by atoms with Crippen molar-refractivity contribution in [1.82, 2.24) is 9.55 Å². The lowest BCUT2D eigenvalue weighted by Gasteiger charge is -2.18. The molecule has 0 saturated carbocycles. The van der Waals surface area contributed by atoms with Crippen molar-refractivity contribution in [1.29, 1.82) is 0 Å². The zero-order valence-electron chi connectivity index (χ0n) is 27.1. The second-order valence-corrected chi connectivity index (χ2v) is 12.8. The Morgan fingerprint density at radius 3 is 2.10 bits per heavy atom. The van der Waals surface area contributed by atoms with E-state index in [0.717, 1.165) is 89.0 Å². The van der Waals surface area contributed by atoms with Crippen LogP contribution in [-0.2, 0) is 0 Å². The third-order valence-corrected chi connectivity index (χ3v) is 9.89. The van der Waals surface area contributed by atoms with Gasteiger partial charge in [-0.15, -0.1) is 0 Å². The molecule has 3 heterocycles. The fourth-order valence-corrected chi connectivity index (χ4v) is 7.50. The molecule has 0 radical (unpaired) electrons. The molecule has 1 aliphatic heterocycles. The highest BCUT2D eigenvalue weighted by molar-refractivity contribution is 6.09. The first-order valence-corrected chi connectivity index (χ1v) is 17.0. The predicted molar refractivity (Wildman–Crippen MR) is 208 cm³/mol. The number of hydrogen-bond acceptors (Lipinski definition) is 2. The van der Waals surface area contributed by atoms with Crippen LogP contribution in [0.25, 0.3) is 83.9 Å². The summed E-state index contributed by atoms with van der Waals surface area (Å²) < 4.78 is 9.31. The van der Waals surface area contributed by atoms with Gasteiger partial charge in [-0.3, -0.25) is 4.57 Å². The molecule has 0 fully saturated rings. The maximum Gasteiger partial charge on any atom is 0.145 e. The van der Waals surface area contributed by atoms with Crippen LogP contribution in [0.1, 0.15) is 11.1 Å². The SMILES string of the molecule is C1=C\c2ccc(-c3ccc4c(c3)c3cccnc3n4-c3ccccc3)cc2-c2ccc3ccccc3c2Oc2ccccc2-c2ccccc2/1. The van der Waals surface area contributed by atoms with Gasteiger partial charge < -0.3 is 4.74 Å². The molecule has 7 aromatic carbocycles. The van der Waals surface area contributed by atoms with E-state index in [9.17, 15) is 0 Å². The number of aromatic nitrogens is 2. The summed E-state index contributed by atoms with van der Waals surface area (Å²) in [6.45, 7) is 0. The molecule has 50 heavy (non-hydrogen) atoms. The molecule has 0 spiro atoms. The van der Waals surface area contributed by atoms with Crippen LogP contribution >= 0.6 is 0 Å². The van der Waals surface area contributed by atoms with E-state index in [1.807, 2.05) is 24.4 Å². The molecule has 3 nitrogen and oxygen atoms in total. The molecular formula is C47H30N2O. The molecule has 0 amide bonds. The quantitative estimate of drug-likeness (QED) is 0.188. The monoisotopic (exact) mass is 638 g/mol. The Kier molecular flexibility index (Phi) is 6.49. The number of hydrogen-bond donors (Lipinski definition) is 0. The van der Waals surface area contributed by atoms with E-state index in [4.69, 9.17) is 9.72 Å². The Morgan fingerprint density at radius 1 is 0.460 bits per heavy atom. The number of fused-ring (bicyclic) bond motifs is 11. The van der Waals surface area contributed by atoms with E-state index in [-0.39, 0.29) is 0 Å². The van der Waals surface area contributed by atoms with E-state index in [2.05, 4.69) is 162 Å². The Bertz CT molecular complexity index is 2790. The smallest absolute Gasteiger partial charge is 0.145 e. The highest BCUT2D eigenvalue weighted by Crippen LogP contribution is 2.46. The van der Waals surface area contributed by atoms with Gasteiger partial charge in [-0.25, -0.2) is 4.98 Å². The van der Waals surface area contributed by atoms with Crippen molar-refractivity contribution in [2.45, 2.75) is 0 Å². The fourth-order valence-electron chi connectivity index (χ4n) is 7.50. The maximum absolute atomic E-state index is 7.06. The Morgan fingerprint density at radius 2 is 1.18 bits per heavy atom. The normalized spacial score (nSPS) is 12.7. The average molecular weight is 639 g/mol. The van der Waals surface area contributed by atoms with Crippen LogP contribution in [0.2, 0.25) is 0 Å². The highest BCUT2D eigenvalue weighted by Gasteiger charge is 2.20. The number of nitrogens with zero attached hydrogens (tertiary/aromatic N) is 2. The molecule has 0 bridgehead atoms. The van der Waals surface area contributed by atoms with Crippen molar-refractivity contribution in [3.8, 4) is 50.6 Å². The van der Waals surface area contributed by atoms with Gasteiger partial charge in [-0.05, 0) is 93.4 Å². The predicted octanol–water partition coefficient (Wildman–Crippen LogP) is 12.6. The van der Waals surface area contributed by atoms with Crippen LogP contribution < -0.4 is 4.74 Å². The third-order valence-electron chi connectivity index (χ3n) is 9.89. The summed E-state index contributed by atoms with van der Waals surface area (Å²) in [6, 6.07) is 58.0. The third kappa shape index (κ3) is 4.56. The second kappa shape index (κ2) is 11.5. The lowest BCUT2D eigenvalue weighted by atomic mass is 9.91. The number of ether oxygens (including phenoxy) is 1. The Hall–Kier alpha value is -6.71. The fraction of sp³-hybridized carbons (Fsp3) is 0. The van der Waals surface area contributed by atoms with Gasteiger partial charge in [-0.2, -0.15) is 0 Å². The lowest BCUT2D eigenvalue weighted by molar-refractivity contribution is 0.492. The summed E-state index contributed by atoms with van der Waals surface area (Å²) in [5.74, 6) is 1.69. The van der Waals surface area contributed by atoms with Gasteiger partial charge in [0.15, 0.2) is 0 Å². The zero-order valence-corrected chi connectivity index (χ0v) is 27.1. The number of para-hydroxylation sites is 2. The molecular weight excluding hydrogens is 609 g/mol. The summed E-state index contributed by atoms with van der Waals surface area (Å²) in [6.07, 6.45) is 6.35. The van der Waals surface area contributed by atoms with Gasteiger partial charge >= 0.3 is 0 Å². The summed E-state index contributed by atoms with van der Waals surface area (Å²) in [5, 5.41) is 4.53. The summed E-state index contributed by atoms with van der Waals surface area (Å²) in [4.78, 5) is 4.82. The van der Waals surface area contributed by atoms with Gasteiger partial charge in [0, 0.05) is 39.2 Å². The average Bonchev–Trinajstić information content (AvgIpc) is 3.50. The second-order valence-electron chi connectivity index (χ2n) is 12.8. The maximum atomic E-state index is 7.06. The first kappa shape index (κ1) is 28.3. The molecule has 0 atom stereocenters. The molecule has 234 valence electrons. The van der Waals surface area contributed by atoms with Crippen molar-refractivity contribution in [3.63, 3.8) is 0 Å². The molecule has 0 aliphatic carbocycles. The molecule has 9 aromatic rings. The van der Waals surface area contributed by atoms with Crippen molar-refractivity contribution in [2.75, 3.05) is 0 Å². The van der Waals surface area contributed by atoms with E-state index in [1.54, 1.807) is 0 Å².